The topological polar surface area (TPSA) is 66.0 Å². The molecule has 1 aromatic carbocycles. The summed E-state index contributed by atoms with van der Waals surface area (Å²) < 4.78 is 24.8. The number of carbonyl (C=O) groups is 1. The Kier molecular flexibility index (Phi) is 6.30. The molecule has 2 saturated carbocycles. The van der Waals surface area contributed by atoms with Crippen LogP contribution < -0.4 is 5.32 Å². The summed E-state index contributed by atoms with van der Waals surface area (Å²) in [6.07, 6.45) is 4.12. The van der Waals surface area contributed by atoms with Crippen molar-refractivity contribution in [3.05, 3.63) is 48.6 Å². The second kappa shape index (κ2) is 8.79. The lowest BCUT2D eigenvalue weighted by Crippen LogP contribution is -2.60. The summed E-state index contributed by atoms with van der Waals surface area (Å²) in [6.45, 7) is 8.99. The first kappa shape index (κ1) is 21.5. The molecule has 3 fully saturated rings. The van der Waals surface area contributed by atoms with Crippen LogP contribution in [-0.2, 0) is 30.3 Å². The second-order valence-corrected chi connectivity index (χ2v) is 9.13. The Morgan fingerprint density at radius 2 is 2.00 bits per heavy atom. The predicted molar refractivity (Wildman–Crippen MR) is 113 cm³/mol. The van der Waals surface area contributed by atoms with E-state index in [2.05, 4.69) is 11.9 Å². The van der Waals surface area contributed by atoms with E-state index >= 15 is 0 Å². The molecule has 1 heterocycles. The monoisotopic (exact) mass is 415 g/mol. The van der Waals surface area contributed by atoms with Gasteiger partial charge in [0.2, 0.25) is 0 Å². The Bertz CT molecular complexity index is 747. The average molecular weight is 416 g/mol. The van der Waals surface area contributed by atoms with E-state index in [0.717, 1.165) is 5.56 Å². The molecule has 1 amide bonds. The third-order valence-electron chi connectivity index (χ3n) is 6.10. The molecule has 1 N–H and O–H groups in total. The minimum absolute atomic E-state index is 0.0794. The Morgan fingerprint density at radius 3 is 2.70 bits per heavy atom. The van der Waals surface area contributed by atoms with Gasteiger partial charge in [-0.25, -0.2) is 0 Å². The smallest absolute Gasteiger partial charge is 0.252 e. The lowest BCUT2D eigenvalue weighted by atomic mass is 9.78. The second-order valence-electron chi connectivity index (χ2n) is 9.13. The van der Waals surface area contributed by atoms with Gasteiger partial charge in [-0.15, -0.1) is 6.58 Å². The van der Waals surface area contributed by atoms with Gasteiger partial charge in [-0.05, 0) is 38.2 Å². The highest BCUT2D eigenvalue weighted by atomic mass is 16.8. The summed E-state index contributed by atoms with van der Waals surface area (Å²) in [6, 6.07) is 9.93. The zero-order valence-electron chi connectivity index (χ0n) is 18.0. The molecular weight excluding hydrogens is 382 g/mol. The van der Waals surface area contributed by atoms with Gasteiger partial charge in [0, 0.05) is 19.4 Å². The Labute approximate surface area is 178 Å². The van der Waals surface area contributed by atoms with Gasteiger partial charge in [-0.3, -0.25) is 4.79 Å². The van der Waals surface area contributed by atoms with Crippen molar-refractivity contribution in [2.45, 2.75) is 75.8 Å². The van der Waals surface area contributed by atoms with E-state index in [-0.39, 0.29) is 24.2 Å². The van der Waals surface area contributed by atoms with Crippen LogP contribution in [0, 0.1) is 5.92 Å². The molecule has 1 saturated heterocycles. The summed E-state index contributed by atoms with van der Waals surface area (Å²) in [4.78, 5) is 13.4. The highest BCUT2D eigenvalue weighted by Gasteiger charge is 2.58. The fourth-order valence-corrected chi connectivity index (χ4v) is 4.42. The fourth-order valence-electron chi connectivity index (χ4n) is 4.42. The van der Waals surface area contributed by atoms with E-state index in [0.29, 0.717) is 38.5 Å². The minimum atomic E-state index is -1.03. The number of nitrogens with one attached hydrogen (secondary N) is 1. The minimum Gasteiger partial charge on any atom is -0.371 e. The van der Waals surface area contributed by atoms with Gasteiger partial charge in [0.1, 0.15) is 6.10 Å². The predicted octanol–water partition coefficient (Wildman–Crippen LogP) is 3.35. The van der Waals surface area contributed by atoms with Gasteiger partial charge in [0.15, 0.2) is 11.4 Å². The molecule has 0 bridgehead atoms. The number of rotatable bonds is 9. The summed E-state index contributed by atoms with van der Waals surface area (Å²) in [5.41, 5.74) is 0.00287. The van der Waals surface area contributed by atoms with Gasteiger partial charge in [-0.1, -0.05) is 36.4 Å². The van der Waals surface area contributed by atoms with Crippen LogP contribution in [0.25, 0.3) is 0 Å². The van der Waals surface area contributed by atoms with Crippen LogP contribution in [0.1, 0.15) is 45.1 Å². The van der Waals surface area contributed by atoms with Crippen LogP contribution in [0.5, 0.6) is 0 Å². The summed E-state index contributed by atoms with van der Waals surface area (Å²) in [5, 5.41) is 3.13. The summed E-state index contributed by atoms with van der Waals surface area (Å²) in [7, 11) is 0. The fraction of sp³-hybridized carbons (Fsp3) is 0.625. The number of fused-ring (bicyclic) bond motifs is 1. The number of ether oxygens (including phenoxy) is 4. The zero-order chi connectivity index (χ0) is 21.2. The van der Waals surface area contributed by atoms with E-state index in [1.54, 1.807) is 6.08 Å². The van der Waals surface area contributed by atoms with Crippen molar-refractivity contribution in [3.63, 3.8) is 0 Å². The maximum atomic E-state index is 13.4. The van der Waals surface area contributed by atoms with Crippen LogP contribution in [-0.4, -0.2) is 48.8 Å². The van der Waals surface area contributed by atoms with Crippen LogP contribution in [0.3, 0.4) is 0 Å². The lowest BCUT2D eigenvalue weighted by Gasteiger charge is -2.43. The van der Waals surface area contributed by atoms with E-state index in [4.69, 9.17) is 18.9 Å². The van der Waals surface area contributed by atoms with Crippen LogP contribution in [0.15, 0.2) is 43.0 Å². The molecule has 0 spiro atoms. The van der Waals surface area contributed by atoms with Crippen LogP contribution in [0.4, 0.5) is 0 Å². The van der Waals surface area contributed by atoms with Crippen molar-refractivity contribution in [2.24, 2.45) is 5.92 Å². The standard InChI is InChI=1S/C24H33NO5/c1-4-12-27-19-13-24(22(26)25-15-17-10-11-17,28-16-18-8-6-5-7-9-18)14-20-21(19)30-23(2,3)29-20/h4-9,17,19-21H,1,10-16H2,2-3H3,(H,25,26)/t19-,20+,21-,24+/m0/s1. The molecule has 4 atom stereocenters. The van der Waals surface area contributed by atoms with Crippen LogP contribution >= 0.6 is 0 Å². The molecule has 0 aromatic heterocycles. The van der Waals surface area contributed by atoms with E-state index in [9.17, 15) is 4.79 Å². The SMILES string of the molecule is C=CCO[C@H]1C[C@](OCc2ccccc2)(C(=O)NCC2CC2)C[C@H]2OC(C)(C)O[C@@H]12. The molecule has 0 radical (unpaired) electrons. The van der Waals surface area contributed by atoms with Crippen molar-refractivity contribution in [1.82, 2.24) is 5.32 Å². The van der Waals surface area contributed by atoms with E-state index < -0.39 is 11.4 Å². The largest absolute Gasteiger partial charge is 0.371 e. The molecular formula is C24H33NO5. The average Bonchev–Trinajstić information content (AvgIpc) is 3.50. The van der Waals surface area contributed by atoms with Crippen molar-refractivity contribution < 1.29 is 23.7 Å². The van der Waals surface area contributed by atoms with Crippen molar-refractivity contribution in [3.8, 4) is 0 Å². The summed E-state index contributed by atoms with van der Waals surface area (Å²) >= 11 is 0. The first-order chi connectivity index (χ1) is 14.4. The highest BCUT2D eigenvalue weighted by Crippen LogP contribution is 2.44. The molecule has 164 valence electrons. The van der Waals surface area contributed by atoms with E-state index in [1.807, 2.05) is 44.2 Å². The first-order valence-corrected chi connectivity index (χ1v) is 11.0. The molecule has 30 heavy (non-hydrogen) atoms. The molecule has 6 nitrogen and oxygen atoms in total. The maximum Gasteiger partial charge on any atom is 0.252 e. The Hall–Kier alpha value is -1.73. The number of hydrogen-bond donors (Lipinski definition) is 1. The lowest BCUT2D eigenvalue weighted by molar-refractivity contribution is -0.180. The zero-order valence-corrected chi connectivity index (χ0v) is 18.0. The molecule has 3 aliphatic rings. The van der Waals surface area contributed by atoms with Gasteiger partial charge < -0.3 is 24.3 Å². The summed E-state index contributed by atoms with van der Waals surface area (Å²) in [5.74, 6) is -0.205. The van der Waals surface area contributed by atoms with E-state index in [1.165, 1.54) is 12.8 Å². The number of carbonyl (C=O) groups excluding carboxylic acids is 1. The first-order valence-electron chi connectivity index (χ1n) is 11.0. The number of benzene rings is 1. The van der Waals surface area contributed by atoms with Crippen molar-refractivity contribution in [2.75, 3.05) is 13.2 Å². The molecule has 4 rings (SSSR count). The maximum absolute atomic E-state index is 13.4. The molecule has 6 heteroatoms. The molecule has 2 aliphatic carbocycles. The number of hydrogen-bond acceptors (Lipinski definition) is 5. The Morgan fingerprint density at radius 1 is 1.23 bits per heavy atom. The van der Waals surface area contributed by atoms with Crippen molar-refractivity contribution in [1.29, 1.82) is 0 Å². The van der Waals surface area contributed by atoms with Gasteiger partial charge in [0.05, 0.1) is 25.4 Å². The third kappa shape index (κ3) is 4.94. The quantitative estimate of drug-likeness (QED) is 0.627. The van der Waals surface area contributed by atoms with Gasteiger partial charge in [0.25, 0.3) is 5.91 Å². The van der Waals surface area contributed by atoms with Crippen LogP contribution in [0.2, 0.25) is 0 Å². The molecule has 0 unspecified atom stereocenters. The molecule has 1 aromatic rings. The number of amides is 1. The normalized spacial score (nSPS) is 32.4. The van der Waals surface area contributed by atoms with Gasteiger partial charge in [-0.2, -0.15) is 0 Å². The highest BCUT2D eigenvalue weighted by molar-refractivity contribution is 5.85. The third-order valence-corrected chi connectivity index (χ3v) is 6.10. The Balaban J connectivity index is 1.57. The van der Waals surface area contributed by atoms with Gasteiger partial charge >= 0.3 is 0 Å². The van der Waals surface area contributed by atoms with Crippen molar-refractivity contribution >= 4 is 5.91 Å². The molecule has 1 aliphatic heterocycles.